The molecule has 1 heterocycles. The number of anilines is 1. The molecule has 0 fully saturated rings. The van der Waals surface area contributed by atoms with Crippen molar-refractivity contribution in [2.75, 3.05) is 5.73 Å². The second-order valence-electron chi connectivity index (χ2n) is 4.60. The van der Waals surface area contributed by atoms with E-state index in [1.807, 2.05) is 30.3 Å². The number of hydrogen-bond donors (Lipinski definition) is 1. The van der Waals surface area contributed by atoms with Crippen LogP contribution in [0.5, 0.6) is 0 Å². The van der Waals surface area contributed by atoms with Crippen molar-refractivity contribution in [2.45, 2.75) is 26.2 Å². The van der Waals surface area contributed by atoms with Crippen molar-refractivity contribution in [1.82, 2.24) is 9.97 Å². The lowest BCUT2D eigenvalue weighted by Gasteiger charge is -2.08. The van der Waals surface area contributed by atoms with Gasteiger partial charge in [-0.15, -0.1) is 0 Å². The van der Waals surface area contributed by atoms with Crippen LogP contribution in [-0.4, -0.2) is 9.97 Å². The van der Waals surface area contributed by atoms with Crippen molar-refractivity contribution in [3.8, 4) is 0 Å². The molecular weight excluding hydrogens is 246 g/mol. The highest BCUT2D eigenvalue weighted by Gasteiger charge is 2.07. The first kappa shape index (κ1) is 12.8. The molecule has 0 unspecified atom stereocenters. The molecule has 4 heteroatoms. The van der Waals surface area contributed by atoms with Crippen molar-refractivity contribution >= 4 is 17.4 Å². The molecule has 0 aliphatic heterocycles. The third-order valence-corrected chi connectivity index (χ3v) is 2.89. The van der Waals surface area contributed by atoms with Crippen LogP contribution < -0.4 is 5.73 Å². The summed E-state index contributed by atoms with van der Waals surface area (Å²) in [5.74, 6) is 1.60. The zero-order valence-electron chi connectivity index (χ0n) is 10.5. The van der Waals surface area contributed by atoms with Crippen molar-refractivity contribution in [3.63, 3.8) is 0 Å². The molecule has 2 rings (SSSR count). The lowest BCUT2D eigenvalue weighted by atomic mass is 10.1. The number of halogens is 1. The third kappa shape index (κ3) is 3.20. The van der Waals surface area contributed by atoms with E-state index in [1.165, 1.54) is 0 Å². The normalized spacial score (nSPS) is 10.9. The Balaban J connectivity index is 2.29. The zero-order chi connectivity index (χ0) is 13.1. The first-order chi connectivity index (χ1) is 8.54. The van der Waals surface area contributed by atoms with Crippen LogP contribution in [0.25, 0.3) is 0 Å². The standard InChI is InChI=1S/C14H16ClN3/c1-9(2)12-8-13(16)18-14(17-12)7-10-4-3-5-11(15)6-10/h3-6,8-9H,7H2,1-2H3,(H2,16,17,18). The first-order valence-electron chi connectivity index (χ1n) is 5.92. The molecule has 0 radical (unpaired) electrons. The Morgan fingerprint density at radius 3 is 2.67 bits per heavy atom. The molecular formula is C14H16ClN3. The van der Waals surface area contributed by atoms with Gasteiger partial charge in [-0.2, -0.15) is 0 Å². The van der Waals surface area contributed by atoms with Gasteiger partial charge in [-0.3, -0.25) is 0 Å². The number of hydrogen-bond acceptors (Lipinski definition) is 3. The predicted molar refractivity (Wildman–Crippen MR) is 74.8 cm³/mol. The SMILES string of the molecule is CC(C)c1cc(N)nc(Cc2cccc(Cl)c2)n1. The van der Waals surface area contributed by atoms with Crippen LogP contribution in [0.15, 0.2) is 30.3 Å². The van der Waals surface area contributed by atoms with Gasteiger partial charge < -0.3 is 5.73 Å². The molecule has 0 saturated carbocycles. The smallest absolute Gasteiger partial charge is 0.135 e. The molecule has 0 aliphatic carbocycles. The summed E-state index contributed by atoms with van der Waals surface area (Å²) in [5, 5.41) is 0.723. The molecule has 0 spiro atoms. The minimum absolute atomic E-state index is 0.341. The van der Waals surface area contributed by atoms with Crippen LogP contribution in [0.2, 0.25) is 5.02 Å². The van der Waals surface area contributed by atoms with Gasteiger partial charge in [0.25, 0.3) is 0 Å². The first-order valence-corrected chi connectivity index (χ1v) is 6.30. The van der Waals surface area contributed by atoms with Gasteiger partial charge in [0.15, 0.2) is 0 Å². The van der Waals surface area contributed by atoms with E-state index < -0.39 is 0 Å². The molecule has 2 aromatic rings. The topological polar surface area (TPSA) is 51.8 Å². The Kier molecular flexibility index (Phi) is 3.82. The van der Waals surface area contributed by atoms with E-state index in [4.69, 9.17) is 17.3 Å². The average Bonchev–Trinajstić information content (AvgIpc) is 2.28. The summed E-state index contributed by atoms with van der Waals surface area (Å²) in [4.78, 5) is 8.79. The highest BCUT2D eigenvalue weighted by molar-refractivity contribution is 6.30. The zero-order valence-corrected chi connectivity index (χ0v) is 11.3. The van der Waals surface area contributed by atoms with Gasteiger partial charge in [-0.25, -0.2) is 9.97 Å². The Morgan fingerprint density at radius 1 is 1.22 bits per heavy atom. The minimum Gasteiger partial charge on any atom is -0.384 e. The Bertz CT molecular complexity index is 552. The van der Waals surface area contributed by atoms with Gasteiger partial charge in [-0.1, -0.05) is 37.6 Å². The number of nitrogens with two attached hydrogens (primary N) is 1. The van der Waals surface area contributed by atoms with Crippen LogP contribution in [0.1, 0.15) is 36.8 Å². The van der Waals surface area contributed by atoms with E-state index in [0.717, 1.165) is 22.1 Å². The Morgan fingerprint density at radius 2 is 2.00 bits per heavy atom. The van der Waals surface area contributed by atoms with Crippen molar-refractivity contribution in [2.24, 2.45) is 0 Å². The monoisotopic (exact) mass is 261 g/mol. The average molecular weight is 262 g/mol. The Hall–Kier alpha value is -1.61. The summed E-state index contributed by atoms with van der Waals surface area (Å²) in [6.07, 6.45) is 0.644. The van der Waals surface area contributed by atoms with Gasteiger partial charge in [0.05, 0.1) is 0 Å². The fourth-order valence-corrected chi connectivity index (χ4v) is 1.96. The van der Waals surface area contributed by atoms with E-state index >= 15 is 0 Å². The maximum atomic E-state index is 5.96. The van der Waals surface area contributed by atoms with Crippen LogP contribution in [0.4, 0.5) is 5.82 Å². The lowest BCUT2D eigenvalue weighted by molar-refractivity contribution is 0.794. The maximum Gasteiger partial charge on any atom is 0.135 e. The van der Waals surface area contributed by atoms with E-state index in [0.29, 0.717) is 18.2 Å². The van der Waals surface area contributed by atoms with Crippen LogP contribution in [0, 0.1) is 0 Å². The summed E-state index contributed by atoms with van der Waals surface area (Å²) in [6.45, 7) is 4.18. The van der Waals surface area contributed by atoms with Crippen molar-refractivity contribution in [3.05, 3.63) is 52.4 Å². The predicted octanol–water partition coefficient (Wildman–Crippen LogP) is 3.43. The molecule has 94 valence electrons. The number of nitrogens with zero attached hydrogens (tertiary/aromatic N) is 2. The molecule has 0 aliphatic rings. The Labute approximate surface area is 112 Å². The quantitative estimate of drug-likeness (QED) is 0.921. The summed E-state index contributed by atoms with van der Waals surface area (Å²) in [7, 11) is 0. The molecule has 18 heavy (non-hydrogen) atoms. The van der Waals surface area contributed by atoms with Gasteiger partial charge in [0, 0.05) is 23.2 Å². The second kappa shape index (κ2) is 5.36. The third-order valence-electron chi connectivity index (χ3n) is 2.65. The van der Waals surface area contributed by atoms with Gasteiger partial charge in [-0.05, 0) is 23.6 Å². The molecule has 0 atom stereocenters. The summed E-state index contributed by atoms with van der Waals surface area (Å²) in [6, 6.07) is 9.53. The van der Waals surface area contributed by atoms with Crippen LogP contribution in [0.3, 0.4) is 0 Å². The van der Waals surface area contributed by atoms with Crippen LogP contribution in [-0.2, 0) is 6.42 Å². The van der Waals surface area contributed by atoms with Gasteiger partial charge in [0.2, 0.25) is 0 Å². The van der Waals surface area contributed by atoms with E-state index in [9.17, 15) is 0 Å². The van der Waals surface area contributed by atoms with Gasteiger partial charge >= 0.3 is 0 Å². The van der Waals surface area contributed by atoms with E-state index in [2.05, 4.69) is 23.8 Å². The van der Waals surface area contributed by atoms with Crippen molar-refractivity contribution in [1.29, 1.82) is 0 Å². The summed E-state index contributed by atoms with van der Waals surface area (Å²) in [5.41, 5.74) is 7.86. The number of nitrogen functional groups attached to an aromatic ring is 1. The second-order valence-corrected chi connectivity index (χ2v) is 5.03. The number of rotatable bonds is 3. The van der Waals surface area contributed by atoms with E-state index in [-0.39, 0.29) is 0 Å². The van der Waals surface area contributed by atoms with E-state index in [1.54, 1.807) is 0 Å². The highest BCUT2D eigenvalue weighted by Crippen LogP contribution is 2.17. The molecule has 2 N–H and O–H groups in total. The minimum atomic E-state index is 0.341. The largest absolute Gasteiger partial charge is 0.384 e. The fourth-order valence-electron chi connectivity index (χ4n) is 1.74. The molecule has 0 bridgehead atoms. The summed E-state index contributed by atoms with van der Waals surface area (Å²) < 4.78 is 0. The molecule has 1 aromatic heterocycles. The molecule has 1 aromatic carbocycles. The number of aromatic nitrogens is 2. The maximum absolute atomic E-state index is 5.96. The highest BCUT2D eigenvalue weighted by atomic mass is 35.5. The van der Waals surface area contributed by atoms with Crippen LogP contribution >= 0.6 is 11.6 Å². The summed E-state index contributed by atoms with van der Waals surface area (Å²) >= 11 is 5.96. The van der Waals surface area contributed by atoms with Gasteiger partial charge in [0.1, 0.15) is 11.6 Å². The van der Waals surface area contributed by atoms with Crippen molar-refractivity contribution < 1.29 is 0 Å². The molecule has 0 saturated heterocycles. The fraction of sp³-hybridized carbons (Fsp3) is 0.286. The number of benzene rings is 1. The molecule has 0 amide bonds. The lowest BCUT2D eigenvalue weighted by Crippen LogP contribution is -2.05. The molecule has 3 nitrogen and oxygen atoms in total.